The van der Waals surface area contributed by atoms with Gasteiger partial charge in [0.25, 0.3) is 0 Å². The fraction of sp³-hybridized carbons (Fsp3) is 0.583. The van der Waals surface area contributed by atoms with Gasteiger partial charge in [0.15, 0.2) is 5.78 Å². The molecule has 76 valence electrons. The summed E-state index contributed by atoms with van der Waals surface area (Å²) >= 11 is 1.59. The quantitative estimate of drug-likeness (QED) is 0.678. The van der Waals surface area contributed by atoms with Crippen LogP contribution in [0.5, 0.6) is 0 Å². The summed E-state index contributed by atoms with van der Waals surface area (Å²) in [6.45, 7) is 8.73. The first-order valence-corrected chi connectivity index (χ1v) is 5.90. The molecule has 0 atom stereocenters. The fourth-order valence-corrected chi connectivity index (χ4v) is 3.07. The van der Waals surface area contributed by atoms with Crippen molar-refractivity contribution in [3.63, 3.8) is 0 Å². The maximum atomic E-state index is 12.1. The number of thiophene rings is 1. The minimum Gasteiger partial charge on any atom is -0.294 e. The lowest BCUT2D eigenvalue weighted by Crippen LogP contribution is -2.05. The van der Waals surface area contributed by atoms with Gasteiger partial charge in [-0.3, -0.25) is 4.79 Å². The number of hydrogen-bond acceptors (Lipinski definition) is 2. The van der Waals surface area contributed by atoms with E-state index in [9.17, 15) is 4.79 Å². The number of Topliss-reactive ketones (excluding diaryl/α,β-unsaturated/α-hetero) is 1. The maximum absolute atomic E-state index is 12.1. The summed E-state index contributed by atoms with van der Waals surface area (Å²) in [5.41, 5.74) is 1.21. The predicted molar refractivity (Wildman–Crippen MR) is 59.7 cm³/mol. The standard InChI is InChI=1S/C12H16OS/c1-11(2)10(12(11,3)4)9(13)8-5-6-14-7-8/h5-7,10H,1-4H3. The Balaban J connectivity index is 2.25. The third-order valence-electron chi connectivity index (χ3n) is 4.09. The molecule has 1 aromatic rings. The smallest absolute Gasteiger partial charge is 0.167 e. The molecule has 1 aliphatic carbocycles. The van der Waals surface area contributed by atoms with Crippen molar-refractivity contribution in [1.82, 2.24) is 0 Å². The molecule has 1 fully saturated rings. The lowest BCUT2D eigenvalue weighted by atomic mass is 10.0. The van der Waals surface area contributed by atoms with Gasteiger partial charge in [0.2, 0.25) is 0 Å². The van der Waals surface area contributed by atoms with Crippen molar-refractivity contribution in [2.45, 2.75) is 27.7 Å². The second-order valence-electron chi connectivity index (χ2n) is 5.25. The van der Waals surface area contributed by atoms with Gasteiger partial charge in [-0.05, 0) is 22.3 Å². The zero-order valence-electron chi connectivity index (χ0n) is 9.13. The van der Waals surface area contributed by atoms with Gasteiger partial charge >= 0.3 is 0 Å². The summed E-state index contributed by atoms with van der Waals surface area (Å²) in [6, 6.07) is 1.93. The molecule has 2 heteroatoms. The Morgan fingerprint density at radius 1 is 1.29 bits per heavy atom. The summed E-state index contributed by atoms with van der Waals surface area (Å²) in [7, 11) is 0. The summed E-state index contributed by atoms with van der Waals surface area (Å²) in [4.78, 5) is 12.1. The third kappa shape index (κ3) is 1.10. The zero-order valence-corrected chi connectivity index (χ0v) is 9.94. The number of carbonyl (C=O) groups excluding carboxylic acids is 1. The number of rotatable bonds is 2. The van der Waals surface area contributed by atoms with Crippen LogP contribution >= 0.6 is 11.3 Å². The Kier molecular flexibility index (Phi) is 1.91. The van der Waals surface area contributed by atoms with Gasteiger partial charge in [-0.1, -0.05) is 27.7 Å². The van der Waals surface area contributed by atoms with Crippen molar-refractivity contribution < 1.29 is 4.79 Å². The first kappa shape index (κ1) is 9.91. The van der Waals surface area contributed by atoms with E-state index in [1.54, 1.807) is 11.3 Å². The Morgan fingerprint density at radius 2 is 1.86 bits per heavy atom. The van der Waals surface area contributed by atoms with Crippen molar-refractivity contribution >= 4 is 17.1 Å². The summed E-state index contributed by atoms with van der Waals surface area (Å²) in [5.74, 6) is 0.519. The van der Waals surface area contributed by atoms with Gasteiger partial charge < -0.3 is 0 Å². The Hall–Kier alpha value is -0.630. The van der Waals surface area contributed by atoms with Crippen molar-refractivity contribution in [3.05, 3.63) is 22.4 Å². The van der Waals surface area contributed by atoms with Crippen LogP contribution < -0.4 is 0 Å². The fourth-order valence-electron chi connectivity index (χ4n) is 2.42. The van der Waals surface area contributed by atoms with Crippen molar-refractivity contribution in [2.24, 2.45) is 16.7 Å². The molecular weight excluding hydrogens is 192 g/mol. The van der Waals surface area contributed by atoms with E-state index in [1.165, 1.54) is 0 Å². The second kappa shape index (κ2) is 2.69. The van der Waals surface area contributed by atoms with Crippen molar-refractivity contribution in [3.8, 4) is 0 Å². The molecule has 0 unspecified atom stereocenters. The zero-order chi connectivity index (χ0) is 10.6. The van der Waals surface area contributed by atoms with Crippen LogP contribution in [-0.4, -0.2) is 5.78 Å². The van der Waals surface area contributed by atoms with Gasteiger partial charge in [0.05, 0.1) is 0 Å². The normalized spacial score (nSPS) is 23.4. The lowest BCUT2D eigenvalue weighted by Gasteiger charge is -2.03. The van der Waals surface area contributed by atoms with E-state index in [0.717, 1.165) is 5.56 Å². The van der Waals surface area contributed by atoms with E-state index in [0.29, 0.717) is 5.78 Å². The summed E-state index contributed by atoms with van der Waals surface area (Å²) in [5, 5.41) is 3.92. The Morgan fingerprint density at radius 3 is 2.21 bits per heavy atom. The highest BCUT2D eigenvalue weighted by Gasteiger charge is 2.67. The molecule has 0 aliphatic heterocycles. The summed E-state index contributed by atoms with van der Waals surface area (Å²) in [6.07, 6.45) is 0. The van der Waals surface area contributed by atoms with E-state index in [1.807, 2.05) is 16.8 Å². The molecule has 1 aromatic heterocycles. The molecule has 1 heterocycles. The average molecular weight is 208 g/mol. The van der Waals surface area contributed by atoms with Crippen molar-refractivity contribution in [2.75, 3.05) is 0 Å². The molecule has 0 spiro atoms. The number of ketones is 1. The van der Waals surface area contributed by atoms with Crippen LogP contribution in [0.25, 0.3) is 0 Å². The largest absolute Gasteiger partial charge is 0.294 e. The maximum Gasteiger partial charge on any atom is 0.167 e. The Labute approximate surface area is 89.1 Å². The molecule has 0 radical (unpaired) electrons. The summed E-state index contributed by atoms with van der Waals surface area (Å²) < 4.78 is 0. The van der Waals surface area contributed by atoms with Crippen LogP contribution in [-0.2, 0) is 0 Å². The molecule has 1 nitrogen and oxygen atoms in total. The Bertz CT molecular complexity index is 346. The third-order valence-corrected chi connectivity index (χ3v) is 4.77. The van der Waals surface area contributed by atoms with E-state index >= 15 is 0 Å². The predicted octanol–water partition coefficient (Wildman–Crippen LogP) is 3.61. The first-order valence-electron chi connectivity index (χ1n) is 4.95. The molecule has 0 N–H and O–H groups in total. The van der Waals surface area contributed by atoms with Crippen molar-refractivity contribution in [1.29, 1.82) is 0 Å². The highest BCUT2D eigenvalue weighted by atomic mass is 32.1. The molecule has 14 heavy (non-hydrogen) atoms. The molecule has 1 aliphatic rings. The number of carbonyl (C=O) groups is 1. The van der Waals surface area contributed by atoms with Crippen LogP contribution in [0.15, 0.2) is 16.8 Å². The average Bonchev–Trinajstić information content (AvgIpc) is 2.53. The van der Waals surface area contributed by atoms with Crippen LogP contribution in [0, 0.1) is 16.7 Å². The lowest BCUT2D eigenvalue weighted by molar-refractivity contribution is 0.0945. The second-order valence-corrected chi connectivity index (χ2v) is 6.03. The molecule has 0 saturated heterocycles. The molecular formula is C12H16OS. The first-order chi connectivity index (χ1) is 6.39. The number of hydrogen-bond donors (Lipinski definition) is 0. The monoisotopic (exact) mass is 208 g/mol. The molecule has 1 saturated carbocycles. The van der Waals surface area contributed by atoms with Gasteiger partial charge in [0.1, 0.15) is 0 Å². The highest BCUT2D eigenvalue weighted by molar-refractivity contribution is 7.08. The SMILES string of the molecule is CC1(C)C(C(=O)c2ccsc2)C1(C)C. The van der Waals surface area contributed by atoms with E-state index in [-0.39, 0.29) is 16.7 Å². The van der Waals surface area contributed by atoms with Gasteiger partial charge in [-0.25, -0.2) is 0 Å². The minimum atomic E-state index is 0.159. The molecule has 0 bridgehead atoms. The van der Waals surface area contributed by atoms with Crippen LogP contribution in [0.2, 0.25) is 0 Å². The highest BCUT2D eigenvalue weighted by Crippen LogP contribution is 2.69. The van der Waals surface area contributed by atoms with Crippen LogP contribution in [0.4, 0.5) is 0 Å². The van der Waals surface area contributed by atoms with E-state index in [2.05, 4.69) is 27.7 Å². The molecule has 0 amide bonds. The van der Waals surface area contributed by atoms with Gasteiger partial charge in [0, 0.05) is 16.9 Å². The topological polar surface area (TPSA) is 17.1 Å². The van der Waals surface area contributed by atoms with Gasteiger partial charge in [-0.2, -0.15) is 11.3 Å². The van der Waals surface area contributed by atoms with Crippen LogP contribution in [0.3, 0.4) is 0 Å². The molecule has 0 aromatic carbocycles. The van der Waals surface area contributed by atoms with Crippen LogP contribution in [0.1, 0.15) is 38.1 Å². The molecule has 2 rings (SSSR count). The van der Waals surface area contributed by atoms with Gasteiger partial charge in [-0.15, -0.1) is 0 Å². The minimum absolute atomic E-state index is 0.159. The van der Waals surface area contributed by atoms with E-state index < -0.39 is 0 Å². The van der Waals surface area contributed by atoms with E-state index in [4.69, 9.17) is 0 Å².